The lowest BCUT2D eigenvalue weighted by molar-refractivity contribution is -0.385. The topological polar surface area (TPSA) is 245 Å². The summed E-state index contributed by atoms with van der Waals surface area (Å²) in [6, 6.07) is 4.36. The van der Waals surface area contributed by atoms with Gasteiger partial charge in [-0.05, 0) is 12.8 Å². The van der Waals surface area contributed by atoms with Crippen LogP contribution in [0, 0.1) is 20.2 Å². The number of nitro groups is 2. The molecule has 0 saturated carbocycles. The summed E-state index contributed by atoms with van der Waals surface area (Å²) in [5.74, 6) is -2.05. The van der Waals surface area contributed by atoms with Crippen molar-refractivity contribution in [2.45, 2.75) is 38.8 Å². The summed E-state index contributed by atoms with van der Waals surface area (Å²) >= 11 is 0. The minimum absolute atomic E-state index is 0. The number of nitrogens with one attached hydrogen (secondary N) is 1. The number of nitrogens with zero attached hydrogens (tertiary/aromatic N) is 3. The average Bonchev–Trinajstić information content (AvgIpc) is 3.72. The van der Waals surface area contributed by atoms with Gasteiger partial charge in [0, 0.05) is 45.1 Å². The Kier molecular flexibility index (Phi) is 18.4. The van der Waals surface area contributed by atoms with Crippen LogP contribution in [-0.2, 0) is 19.1 Å². The molecule has 19 nitrogen and oxygen atoms in total. The molecule has 0 aromatic heterocycles. The van der Waals surface area contributed by atoms with Gasteiger partial charge in [-0.3, -0.25) is 34.6 Å². The highest BCUT2D eigenvalue weighted by Gasteiger charge is 2.36. The van der Waals surface area contributed by atoms with E-state index in [1.54, 1.807) is 0 Å². The first kappa shape index (κ1) is 46.1. The third kappa shape index (κ3) is 12.9. The predicted octanol–water partition coefficient (Wildman–Crippen LogP) is 4.15. The standard InChI is InChI=1S/C17H20N2O7.C9H9NO6.C8H13NO2.ClH/c1-10-5-12(9-26-11(2)20)18(8-10)17(21)13-6-15(24-3)16(25-4)7-14(13)19(22)23;1-15-7-3-5(9(11)12)6(10(13)14)4-8(7)16-2;1-6-3-8(9-4-6)5-11-7(2)10;/h6-7,12H,1,5,8-9H2,2-4H3;3-4H,1-2H3,(H,11,12);8-9H,1,3-5H2,2H3;1H/t12-;;8-;/m0.0./s1. The van der Waals surface area contributed by atoms with Crippen LogP contribution in [0.2, 0.25) is 0 Å². The lowest BCUT2D eigenvalue weighted by Crippen LogP contribution is -2.39. The number of methoxy groups -OCH3 is 4. The molecule has 2 saturated heterocycles. The van der Waals surface area contributed by atoms with E-state index in [4.69, 9.17) is 33.5 Å². The molecular weight excluding hydrogens is 740 g/mol. The number of likely N-dealkylation sites (tertiary alicyclic amines) is 1. The Morgan fingerprint density at radius 3 is 1.63 bits per heavy atom. The monoisotopic (exact) mass is 782 g/mol. The molecule has 0 spiro atoms. The first-order chi connectivity index (χ1) is 25.0. The SMILES string of the molecule is C=C1CN[C@H](COC(C)=O)C1.C=C1C[C@@H](COC(C)=O)N(C(=O)c2cc(OC)c(OC)cc2[N+](=O)[O-])C1.COc1cc(C(=O)O)c([N+](=O)[O-])cc1OC.Cl. The first-order valence-electron chi connectivity index (χ1n) is 15.7. The molecule has 2 N–H and O–H groups in total. The Morgan fingerprint density at radius 2 is 1.22 bits per heavy atom. The van der Waals surface area contributed by atoms with Gasteiger partial charge in [0.15, 0.2) is 23.0 Å². The highest BCUT2D eigenvalue weighted by molar-refractivity contribution is 5.99. The van der Waals surface area contributed by atoms with Crippen molar-refractivity contribution in [3.8, 4) is 23.0 Å². The van der Waals surface area contributed by atoms with Crippen molar-refractivity contribution in [2.75, 3.05) is 54.7 Å². The van der Waals surface area contributed by atoms with Gasteiger partial charge in [-0.15, -0.1) is 12.4 Å². The number of halogens is 1. The summed E-state index contributed by atoms with van der Waals surface area (Å²) in [6.45, 7) is 11.9. The number of carboxylic acids is 1. The predicted molar refractivity (Wildman–Crippen MR) is 194 cm³/mol. The van der Waals surface area contributed by atoms with Gasteiger partial charge in [0.25, 0.3) is 17.3 Å². The Bertz CT molecular complexity index is 1710. The van der Waals surface area contributed by atoms with E-state index in [9.17, 15) is 39.4 Å². The van der Waals surface area contributed by atoms with Crippen LogP contribution in [0.5, 0.6) is 23.0 Å². The summed E-state index contributed by atoms with van der Waals surface area (Å²) in [4.78, 5) is 67.3. The molecule has 1 amide bonds. The van der Waals surface area contributed by atoms with Gasteiger partial charge in [0.1, 0.15) is 24.3 Å². The van der Waals surface area contributed by atoms with Crippen molar-refractivity contribution in [1.82, 2.24) is 10.2 Å². The molecule has 2 aliphatic heterocycles. The minimum atomic E-state index is -1.40. The zero-order valence-electron chi connectivity index (χ0n) is 30.5. The molecule has 0 radical (unpaired) electrons. The zero-order chi connectivity index (χ0) is 40.0. The lowest BCUT2D eigenvalue weighted by Gasteiger charge is -2.24. The number of carbonyl (C=O) groups excluding carboxylic acids is 3. The molecule has 4 rings (SSSR count). The molecule has 2 aromatic rings. The molecule has 0 unspecified atom stereocenters. The number of aromatic carboxylic acids is 1. The smallest absolute Gasteiger partial charge is 0.342 e. The highest BCUT2D eigenvalue weighted by atomic mass is 35.5. The second kappa shape index (κ2) is 21.5. The summed E-state index contributed by atoms with van der Waals surface area (Å²) in [7, 11) is 5.35. The summed E-state index contributed by atoms with van der Waals surface area (Å²) in [6.07, 6.45) is 1.38. The quantitative estimate of drug-likeness (QED) is 0.133. The molecule has 2 aliphatic rings. The summed E-state index contributed by atoms with van der Waals surface area (Å²) in [5, 5.41) is 34.0. The largest absolute Gasteiger partial charge is 0.493 e. The molecule has 2 aromatic carbocycles. The van der Waals surface area contributed by atoms with Crippen molar-refractivity contribution in [3.05, 3.63) is 79.9 Å². The fourth-order valence-electron chi connectivity index (χ4n) is 5.13. The van der Waals surface area contributed by atoms with Crippen LogP contribution in [0.1, 0.15) is 47.4 Å². The first-order valence-corrected chi connectivity index (χ1v) is 15.7. The van der Waals surface area contributed by atoms with Crippen LogP contribution >= 0.6 is 12.4 Å². The van der Waals surface area contributed by atoms with Crippen LogP contribution in [0.4, 0.5) is 11.4 Å². The third-order valence-corrected chi connectivity index (χ3v) is 7.62. The number of carbonyl (C=O) groups is 4. The number of benzene rings is 2. The van der Waals surface area contributed by atoms with Gasteiger partial charge in [-0.2, -0.15) is 0 Å². The molecule has 0 bridgehead atoms. The van der Waals surface area contributed by atoms with Crippen LogP contribution < -0.4 is 24.3 Å². The molecule has 296 valence electrons. The maximum Gasteiger partial charge on any atom is 0.342 e. The number of nitro benzene ring substituents is 2. The van der Waals surface area contributed by atoms with Gasteiger partial charge in [-0.1, -0.05) is 24.3 Å². The lowest BCUT2D eigenvalue weighted by atomic mass is 10.1. The molecule has 0 aliphatic carbocycles. The van der Waals surface area contributed by atoms with E-state index >= 15 is 0 Å². The number of amides is 1. The number of ether oxygens (including phenoxy) is 6. The van der Waals surface area contributed by atoms with Gasteiger partial charge < -0.3 is 43.7 Å². The average molecular weight is 783 g/mol. The van der Waals surface area contributed by atoms with E-state index < -0.39 is 50.7 Å². The van der Waals surface area contributed by atoms with E-state index in [1.165, 1.54) is 58.8 Å². The number of hydrogen-bond donors (Lipinski definition) is 2. The van der Waals surface area contributed by atoms with Crippen molar-refractivity contribution < 1.29 is 62.6 Å². The Morgan fingerprint density at radius 1 is 0.778 bits per heavy atom. The van der Waals surface area contributed by atoms with Crippen LogP contribution in [0.25, 0.3) is 0 Å². The molecule has 20 heteroatoms. The van der Waals surface area contributed by atoms with E-state index in [1.807, 2.05) is 0 Å². The van der Waals surface area contributed by atoms with Crippen molar-refractivity contribution in [1.29, 1.82) is 0 Å². The minimum Gasteiger partial charge on any atom is -0.493 e. The Hall–Kier alpha value is -5.95. The molecule has 2 heterocycles. The van der Waals surface area contributed by atoms with Gasteiger partial charge in [-0.25, -0.2) is 4.79 Å². The summed E-state index contributed by atoms with van der Waals surface area (Å²) in [5.41, 5.74) is 0.458. The second-order valence-electron chi connectivity index (χ2n) is 11.4. The fraction of sp³-hybridized carbons (Fsp3) is 0.412. The molecular formula is C34H43ClN4O15. The van der Waals surface area contributed by atoms with Crippen molar-refractivity contribution >= 4 is 47.6 Å². The van der Waals surface area contributed by atoms with Crippen molar-refractivity contribution in [2.24, 2.45) is 0 Å². The number of esters is 2. The number of hydrogen-bond acceptors (Lipinski definition) is 15. The second-order valence-corrected chi connectivity index (χ2v) is 11.4. The van der Waals surface area contributed by atoms with Crippen molar-refractivity contribution in [3.63, 3.8) is 0 Å². The van der Waals surface area contributed by atoms with E-state index in [0.29, 0.717) is 13.0 Å². The Balaban J connectivity index is 0.000000443. The van der Waals surface area contributed by atoms with E-state index in [0.717, 1.165) is 36.7 Å². The molecule has 54 heavy (non-hydrogen) atoms. The number of carboxylic acid groups (broad SMARTS) is 1. The zero-order valence-corrected chi connectivity index (χ0v) is 31.4. The van der Waals surface area contributed by atoms with Gasteiger partial charge in [0.05, 0.1) is 56.5 Å². The Labute approximate surface area is 316 Å². The normalized spacial score (nSPS) is 15.6. The summed E-state index contributed by atoms with van der Waals surface area (Å²) < 4.78 is 29.7. The van der Waals surface area contributed by atoms with Crippen LogP contribution in [-0.4, -0.2) is 110 Å². The fourth-order valence-corrected chi connectivity index (χ4v) is 5.13. The van der Waals surface area contributed by atoms with Crippen LogP contribution in [0.3, 0.4) is 0 Å². The molecule has 2 fully saturated rings. The third-order valence-electron chi connectivity index (χ3n) is 7.62. The highest BCUT2D eigenvalue weighted by Crippen LogP contribution is 2.37. The molecule has 2 atom stereocenters. The van der Waals surface area contributed by atoms with Gasteiger partial charge in [0.2, 0.25) is 0 Å². The van der Waals surface area contributed by atoms with E-state index in [2.05, 4.69) is 18.5 Å². The van der Waals surface area contributed by atoms with E-state index in [-0.39, 0.29) is 66.1 Å². The number of rotatable bonds is 12. The maximum atomic E-state index is 13.0. The van der Waals surface area contributed by atoms with Gasteiger partial charge >= 0.3 is 17.9 Å². The maximum absolute atomic E-state index is 13.0. The van der Waals surface area contributed by atoms with Crippen LogP contribution in [0.15, 0.2) is 48.6 Å².